The van der Waals surface area contributed by atoms with E-state index in [-0.39, 0.29) is 17.4 Å². The first-order valence-corrected chi connectivity index (χ1v) is 8.32. The maximum absolute atomic E-state index is 12.6. The zero-order valence-corrected chi connectivity index (χ0v) is 14.1. The number of nitrogens with zero attached hydrogens (tertiary/aromatic N) is 1. The number of para-hydroxylation sites is 1. The molecule has 0 saturated heterocycles. The van der Waals surface area contributed by atoms with Crippen molar-refractivity contribution in [3.8, 4) is 5.75 Å². The highest BCUT2D eigenvalue weighted by Gasteiger charge is 2.24. The molecule has 0 unspecified atom stereocenters. The standard InChI is InChI=1S/C20H21NO4/c1-21(13-14-6-8-15(9-7-14)20(23)24)19(22)12-16-10-11-25-18-5-3-2-4-17(16)18/h2-9,16H,10-13H2,1H3,(H,23,24)/t16-/m1/s1. The van der Waals surface area contributed by atoms with Gasteiger partial charge in [0.25, 0.3) is 0 Å². The summed E-state index contributed by atoms with van der Waals surface area (Å²) in [5, 5.41) is 8.93. The molecule has 3 rings (SSSR count). The van der Waals surface area contributed by atoms with Crippen LogP contribution in [0.2, 0.25) is 0 Å². The minimum atomic E-state index is -0.950. The molecule has 0 aliphatic carbocycles. The number of amides is 1. The van der Waals surface area contributed by atoms with Crippen LogP contribution in [0.5, 0.6) is 5.75 Å². The van der Waals surface area contributed by atoms with Gasteiger partial charge < -0.3 is 14.7 Å². The fourth-order valence-corrected chi connectivity index (χ4v) is 3.11. The van der Waals surface area contributed by atoms with Crippen LogP contribution >= 0.6 is 0 Å². The van der Waals surface area contributed by atoms with Gasteiger partial charge in [0.2, 0.25) is 5.91 Å². The molecule has 5 nitrogen and oxygen atoms in total. The molecule has 0 bridgehead atoms. The van der Waals surface area contributed by atoms with E-state index < -0.39 is 5.97 Å². The largest absolute Gasteiger partial charge is 0.493 e. The van der Waals surface area contributed by atoms with Gasteiger partial charge >= 0.3 is 5.97 Å². The molecule has 0 fully saturated rings. The number of carboxylic acids is 1. The number of hydrogen-bond donors (Lipinski definition) is 1. The molecule has 1 amide bonds. The molecule has 1 heterocycles. The molecule has 130 valence electrons. The Bertz CT molecular complexity index is 770. The molecule has 0 aromatic heterocycles. The molecule has 1 aliphatic heterocycles. The van der Waals surface area contributed by atoms with E-state index in [4.69, 9.17) is 9.84 Å². The van der Waals surface area contributed by atoms with Gasteiger partial charge in [0, 0.05) is 20.0 Å². The molecular formula is C20H21NO4. The van der Waals surface area contributed by atoms with Crippen molar-refractivity contribution in [3.63, 3.8) is 0 Å². The van der Waals surface area contributed by atoms with Crippen LogP contribution in [0.1, 0.15) is 40.2 Å². The zero-order valence-electron chi connectivity index (χ0n) is 14.1. The quantitative estimate of drug-likeness (QED) is 0.908. The monoisotopic (exact) mass is 339 g/mol. The molecule has 2 aromatic carbocycles. The van der Waals surface area contributed by atoms with Gasteiger partial charge in [-0.15, -0.1) is 0 Å². The summed E-state index contributed by atoms with van der Waals surface area (Å²) >= 11 is 0. The summed E-state index contributed by atoms with van der Waals surface area (Å²) in [6.45, 7) is 1.10. The number of hydrogen-bond acceptors (Lipinski definition) is 3. The number of aromatic carboxylic acids is 1. The van der Waals surface area contributed by atoms with Crippen molar-refractivity contribution in [1.29, 1.82) is 0 Å². The van der Waals surface area contributed by atoms with Gasteiger partial charge in [-0.3, -0.25) is 4.79 Å². The van der Waals surface area contributed by atoms with Gasteiger partial charge in [0.15, 0.2) is 0 Å². The second-order valence-electron chi connectivity index (χ2n) is 6.33. The van der Waals surface area contributed by atoms with Gasteiger partial charge in [-0.25, -0.2) is 4.79 Å². The summed E-state index contributed by atoms with van der Waals surface area (Å²) in [5.41, 5.74) is 2.26. The normalized spacial score (nSPS) is 15.8. The van der Waals surface area contributed by atoms with Crippen molar-refractivity contribution < 1.29 is 19.4 Å². The summed E-state index contributed by atoms with van der Waals surface area (Å²) < 4.78 is 5.65. The lowest BCUT2D eigenvalue weighted by Gasteiger charge is -2.27. The van der Waals surface area contributed by atoms with E-state index in [2.05, 4.69) is 0 Å². The fraction of sp³-hybridized carbons (Fsp3) is 0.300. The van der Waals surface area contributed by atoms with Crippen molar-refractivity contribution in [1.82, 2.24) is 4.90 Å². The molecule has 0 radical (unpaired) electrons. The van der Waals surface area contributed by atoms with E-state index in [0.29, 0.717) is 19.6 Å². The Morgan fingerprint density at radius 1 is 1.16 bits per heavy atom. The highest BCUT2D eigenvalue weighted by atomic mass is 16.5. The van der Waals surface area contributed by atoms with E-state index in [9.17, 15) is 9.59 Å². The predicted molar refractivity (Wildman–Crippen MR) is 93.8 cm³/mol. The molecule has 1 atom stereocenters. The summed E-state index contributed by atoms with van der Waals surface area (Å²) in [5.74, 6) is 0.172. The number of carboxylic acid groups (broad SMARTS) is 1. The van der Waals surface area contributed by atoms with Crippen molar-refractivity contribution in [2.45, 2.75) is 25.3 Å². The highest BCUT2D eigenvalue weighted by Crippen LogP contribution is 2.35. The highest BCUT2D eigenvalue weighted by molar-refractivity contribution is 5.87. The number of fused-ring (bicyclic) bond motifs is 1. The molecular weight excluding hydrogens is 318 g/mol. The van der Waals surface area contributed by atoms with Crippen LogP contribution in [0.25, 0.3) is 0 Å². The van der Waals surface area contributed by atoms with E-state index in [1.165, 1.54) is 0 Å². The number of rotatable bonds is 5. The minimum Gasteiger partial charge on any atom is -0.493 e. The SMILES string of the molecule is CN(Cc1ccc(C(=O)O)cc1)C(=O)C[C@H]1CCOc2ccccc21. The van der Waals surface area contributed by atoms with E-state index in [1.54, 1.807) is 36.2 Å². The van der Waals surface area contributed by atoms with E-state index in [1.807, 2.05) is 24.3 Å². The molecule has 0 saturated carbocycles. The summed E-state index contributed by atoms with van der Waals surface area (Å²) in [6, 6.07) is 14.5. The average Bonchev–Trinajstić information content (AvgIpc) is 2.62. The van der Waals surface area contributed by atoms with Gasteiger partial charge in [-0.1, -0.05) is 30.3 Å². The van der Waals surface area contributed by atoms with Crippen LogP contribution in [-0.4, -0.2) is 35.5 Å². The first-order valence-electron chi connectivity index (χ1n) is 8.32. The van der Waals surface area contributed by atoms with Crippen molar-refractivity contribution in [2.75, 3.05) is 13.7 Å². The third kappa shape index (κ3) is 3.99. The minimum absolute atomic E-state index is 0.0732. The Morgan fingerprint density at radius 2 is 1.88 bits per heavy atom. The van der Waals surface area contributed by atoms with Crippen LogP contribution in [0, 0.1) is 0 Å². The van der Waals surface area contributed by atoms with Crippen LogP contribution in [-0.2, 0) is 11.3 Å². The lowest BCUT2D eigenvalue weighted by atomic mass is 9.90. The summed E-state index contributed by atoms with van der Waals surface area (Å²) in [7, 11) is 1.78. The van der Waals surface area contributed by atoms with Crippen LogP contribution < -0.4 is 4.74 Å². The zero-order chi connectivity index (χ0) is 17.8. The molecule has 1 N–H and O–H groups in total. The Morgan fingerprint density at radius 3 is 2.60 bits per heavy atom. The third-order valence-electron chi connectivity index (χ3n) is 4.55. The average molecular weight is 339 g/mol. The fourth-order valence-electron chi connectivity index (χ4n) is 3.11. The van der Waals surface area contributed by atoms with E-state index in [0.717, 1.165) is 23.3 Å². The maximum atomic E-state index is 12.6. The van der Waals surface area contributed by atoms with Crippen LogP contribution in [0.3, 0.4) is 0 Å². The first-order chi connectivity index (χ1) is 12.0. The maximum Gasteiger partial charge on any atom is 0.335 e. The lowest BCUT2D eigenvalue weighted by molar-refractivity contribution is -0.131. The Kier molecular flexibility index (Phi) is 5.03. The summed E-state index contributed by atoms with van der Waals surface area (Å²) in [6.07, 6.45) is 1.29. The third-order valence-corrected chi connectivity index (χ3v) is 4.55. The molecule has 1 aliphatic rings. The van der Waals surface area contributed by atoms with Crippen molar-refractivity contribution in [3.05, 3.63) is 65.2 Å². The lowest BCUT2D eigenvalue weighted by Crippen LogP contribution is -2.29. The Balaban J connectivity index is 1.62. The van der Waals surface area contributed by atoms with Crippen LogP contribution in [0.15, 0.2) is 48.5 Å². The molecule has 25 heavy (non-hydrogen) atoms. The van der Waals surface area contributed by atoms with Gasteiger partial charge in [0.1, 0.15) is 5.75 Å². The number of ether oxygens (including phenoxy) is 1. The predicted octanol–water partition coefficient (Wildman–Crippen LogP) is 3.30. The topological polar surface area (TPSA) is 66.8 Å². The number of benzene rings is 2. The molecule has 0 spiro atoms. The smallest absolute Gasteiger partial charge is 0.335 e. The summed E-state index contributed by atoms with van der Waals surface area (Å²) in [4.78, 5) is 25.2. The molecule has 2 aromatic rings. The Labute approximate surface area is 146 Å². The van der Waals surface area contributed by atoms with Gasteiger partial charge in [0.05, 0.1) is 12.2 Å². The van der Waals surface area contributed by atoms with E-state index >= 15 is 0 Å². The first kappa shape index (κ1) is 17.0. The number of carbonyl (C=O) groups excluding carboxylic acids is 1. The van der Waals surface area contributed by atoms with Crippen molar-refractivity contribution in [2.24, 2.45) is 0 Å². The van der Waals surface area contributed by atoms with Gasteiger partial charge in [-0.05, 0) is 41.7 Å². The van der Waals surface area contributed by atoms with Gasteiger partial charge in [-0.2, -0.15) is 0 Å². The van der Waals surface area contributed by atoms with Crippen molar-refractivity contribution >= 4 is 11.9 Å². The Hall–Kier alpha value is -2.82. The van der Waals surface area contributed by atoms with Crippen LogP contribution in [0.4, 0.5) is 0 Å². The number of carbonyl (C=O) groups is 2. The second-order valence-corrected chi connectivity index (χ2v) is 6.33. The second kappa shape index (κ2) is 7.38. The molecule has 5 heteroatoms.